The molecule has 0 bridgehead atoms. The lowest BCUT2D eigenvalue weighted by Gasteiger charge is -2.04. The van der Waals surface area contributed by atoms with Crippen molar-refractivity contribution < 1.29 is 0 Å². The van der Waals surface area contributed by atoms with Gasteiger partial charge in [0.25, 0.3) is 0 Å². The lowest BCUT2D eigenvalue weighted by Crippen LogP contribution is -1.93. The largest absolute Gasteiger partial charge is 0.275 e. The SMILES string of the molecule is Cc1ccc(-c2nc(Cl)cc(-c3cnn(C)c3)n2)cn1. The van der Waals surface area contributed by atoms with E-state index in [1.54, 1.807) is 23.1 Å². The summed E-state index contributed by atoms with van der Waals surface area (Å²) in [6.45, 7) is 1.93. The summed E-state index contributed by atoms with van der Waals surface area (Å²) in [7, 11) is 1.86. The number of nitrogens with zero attached hydrogens (tertiary/aromatic N) is 5. The molecular formula is C14H12ClN5. The van der Waals surface area contributed by atoms with E-state index in [0.29, 0.717) is 11.0 Å². The van der Waals surface area contributed by atoms with Crippen molar-refractivity contribution in [3.63, 3.8) is 0 Å². The molecule has 3 aromatic heterocycles. The van der Waals surface area contributed by atoms with Gasteiger partial charge in [-0.15, -0.1) is 0 Å². The van der Waals surface area contributed by atoms with E-state index < -0.39 is 0 Å². The monoisotopic (exact) mass is 285 g/mol. The van der Waals surface area contributed by atoms with Crippen LogP contribution in [0.2, 0.25) is 5.15 Å². The minimum absolute atomic E-state index is 0.398. The highest BCUT2D eigenvalue weighted by Crippen LogP contribution is 2.23. The van der Waals surface area contributed by atoms with Crippen molar-refractivity contribution in [2.75, 3.05) is 0 Å². The quantitative estimate of drug-likeness (QED) is 0.679. The van der Waals surface area contributed by atoms with Crippen molar-refractivity contribution in [1.82, 2.24) is 24.7 Å². The van der Waals surface area contributed by atoms with Crippen molar-refractivity contribution in [3.05, 3.63) is 47.6 Å². The fourth-order valence-electron chi connectivity index (χ4n) is 1.85. The molecule has 3 heterocycles. The molecule has 20 heavy (non-hydrogen) atoms. The summed E-state index contributed by atoms with van der Waals surface area (Å²) in [6, 6.07) is 5.58. The number of aryl methyl sites for hydroxylation is 2. The molecule has 0 aromatic carbocycles. The summed E-state index contributed by atoms with van der Waals surface area (Å²) < 4.78 is 1.72. The Morgan fingerprint density at radius 2 is 1.95 bits per heavy atom. The molecule has 0 aliphatic carbocycles. The number of rotatable bonds is 2. The van der Waals surface area contributed by atoms with Gasteiger partial charge in [-0.3, -0.25) is 9.67 Å². The smallest absolute Gasteiger partial charge is 0.163 e. The second kappa shape index (κ2) is 5.02. The summed E-state index contributed by atoms with van der Waals surface area (Å²) in [5.74, 6) is 0.559. The topological polar surface area (TPSA) is 56.5 Å². The van der Waals surface area contributed by atoms with Crippen molar-refractivity contribution in [2.45, 2.75) is 6.92 Å². The standard InChI is InChI=1S/C14H12ClN5/c1-9-3-4-10(6-16-9)14-18-12(5-13(15)19-14)11-7-17-20(2)8-11/h3-8H,1-2H3. The van der Waals surface area contributed by atoms with Gasteiger partial charge in [0.1, 0.15) is 5.15 Å². The number of hydrogen-bond acceptors (Lipinski definition) is 4. The molecule has 6 heteroatoms. The second-order valence-electron chi connectivity index (χ2n) is 4.49. The minimum atomic E-state index is 0.398. The van der Waals surface area contributed by atoms with Gasteiger partial charge >= 0.3 is 0 Å². The molecule has 0 spiro atoms. The molecule has 5 nitrogen and oxygen atoms in total. The highest BCUT2D eigenvalue weighted by molar-refractivity contribution is 6.29. The molecular weight excluding hydrogens is 274 g/mol. The lowest BCUT2D eigenvalue weighted by molar-refractivity contribution is 0.768. The Labute approximate surface area is 121 Å². The van der Waals surface area contributed by atoms with Crippen molar-refractivity contribution in [2.24, 2.45) is 7.05 Å². The Kier molecular flexibility index (Phi) is 3.20. The first-order valence-corrected chi connectivity index (χ1v) is 6.46. The molecule has 0 aliphatic rings. The van der Waals surface area contributed by atoms with Gasteiger partial charge in [-0.1, -0.05) is 11.6 Å². The minimum Gasteiger partial charge on any atom is -0.275 e. The van der Waals surface area contributed by atoms with Crippen LogP contribution in [0.3, 0.4) is 0 Å². The third kappa shape index (κ3) is 2.53. The second-order valence-corrected chi connectivity index (χ2v) is 4.88. The lowest BCUT2D eigenvalue weighted by atomic mass is 10.2. The first-order valence-electron chi connectivity index (χ1n) is 6.08. The van der Waals surface area contributed by atoms with E-state index in [1.165, 1.54) is 0 Å². The molecule has 0 saturated carbocycles. The van der Waals surface area contributed by atoms with E-state index in [2.05, 4.69) is 20.1 Å². The Hall–Kier alpha value is -2.27. The fraction of sp³-hybridized carbons (Fsp3) is 0.143. The van der Waals surface area contributed by atoms with Gasteiger partial charge in [0.15, 0.2) is 5.82 Å². The zero-order chi connectivity index (χ0) is 14.1. The van der Waals surface area contributed by atoms with Crippen LogP contribution < -0.4 is 0 Å². The zero-order valence-electron chi connectivity index (χ0n) is 11.1. The number of pyridine rings is 1. The molecule has 0 amide bonds. The molecule has 100 valence electrons. The molecule has 0 radical (unpaired) electrons. The maximum absolute atomic E-state index is 6.09. The highest BCUT2D eigenvalue weighted by Gasteiger charge is 2.09. The van der Waals surface area contributed by atoms with E-state index in [1.807, 2.05) is 32.3 Å². The van der Waals surface area contributed by atoms with Gasteiger partial charge in [-0.2, -0.15) is 5.10 Å². The molecule has 0 N–H and O–H groups in total. The molecule has 3 rings (SSSR count). The third-order valence-corrected chi connectivity index (χ3v) is 3.06. The molecule has 3 aromatic rings. The van der Waals surface area contributed by atoms with Gasteiger partial charge in [-0.25, -0.2) is 9.97 Å². The highest BCUT2D eigenvalue weighted by atomic mass is 35.5. The Morgan fingerprint density at radius 3 is 2.60 bits per heavy atom. The summed E-state index contributed by atoms with van der Waals surface area (Å²) in [4.78, 5) is 13.0. The van der Waals surface area contributed by atoms with Gasteiger partial charge < -0.3 is 0 Å². The van der Waals surface area contributed by atoms with Crippen molar-refractivity contribution >= 4 is 11.6 Å². The number of hydrogen-bond donors (Lipinski definition) is 0. The first kappa shape index (κ1) is 12.7. The van der Waals surface area contributed by atoms with E-state index >= 15 is 0 Å². The zero-order valence-corrected chi connectivity index (χ0v) is 11.8. The van der Waals surface area contributed by atoms with Crippen LogP contribution in [0, 0.1) is 6.92 Å². The normalized spacial score (nSPS) is 10.8. The Morgan fingerprint density at radius 1 is 1.10 bits per heavy atom. The van der Waals surface area contributed by atoms with E-state index in [0.717, 1.165) is 22.5 Å². The fourth-order valence-corrected chi connectivity index (χ4v) is 2.03. The first-order chi connectivity index (χ1) is 9.61. The number of halogens is 1. The number of aromatic nitrogens is 5. The molecule has 0 fully saturated rings. The summed E-state index contributed by atoms with van der Waals surface area (Å²) in [5.41, 5.74) is 3.43. The Bertz CT molecular complexity index is 749. The maximum atomic E-state index is 6.09. The van der Waals surface area contributed by atoms with Crippen LogP contribution >= 0.6 is 11.6 Å². The van der Waals surface area contributed by atoms with Gasteiger partial charge in [0, 0.05) is 42.3 Å². The average molecular weight is 286 g/mol. The van der Waals surface area contributed by atoms with Crippen LogP contribution in [0.15, 0.2) is 36.8 Å². The average Bonchev–Trinajstić information content (AvgIpc) is 2.85. The van der Waals surface area contributed by atoms with Crippen LogP contribution in [-0.4, -0.2) is 24.7 Å². The van der Waals surface area contributed by atoms with Gasteiger partial charge in [0.05, 0.1) is 11.9 Å². The van der Waals surface area contributed by atoms with Crippen molar-refractivity contribution in [3.8, 4) is 22.6 Å². The molecule has 0 atom stereocenters. The predicted molar refractivity (Wildman–Crippen MR) is 77.2 cm³/mol. The van der Waals surface area contributed by atoms with E-state index in [9.17, 15) is 0 Å². The van der Waals surface area contributed by atoms with Crippen molar-refractivity contribution in [1.29, 1.82) is 0 Å². The maximum Gasteiger partial charge on any atom is 0.163 e. The predicted octanol–water partition coefficient (Wildman–Crippen LogP) is 2.90. The van der Waals surface area contributed by atoms with Crippen LogP contribution in [0.25, 0.3) is 22.6 Å². The third-order valence-electron chi connectivity index (χ3n) is 2.87. The summed E-state index contributed by atoms with van der Waals surface area (Å²) in [6.07, 6.45) is 5.37. The van der Waals surface area contributed by atoms with E-state index in [-0.39, 0.29) is 0 Å². The Balaban J connectivity index is 2.09. The van der Waals surface area contributed by atoms with Crippen LogP contribution in [-0.2, 0) is 7.05 Å². The van der Waals surface area contributed by atoms with Gasteiger partial charge in [-0.05, 0) is 19.1 Å². The van der Waals surface area contributed by atoms with Gasteiger partial charge in [0.2, 0.25) is 0 Å². The molecule has 0 aliphatic heterocycles. The summed E-state index contributed by atoms with van der Waals surface area (Å²) >= 11 is 6.09. The van der Waals surface area contributed by atoms with Crippen LogP contribution in [0.4, 0.5) is 0 Å². The molecule has 0 unspecified atom stereocenters. The molecule has 0 saturated heterocycles. The summed E-state index contributed by atoms with van der Waals surface area (Å²) in [5, 5.41) is 4.54. The van der Waals surface area contributed by atoms with Crippen LogP contribution in [0.5, 0.6) is 0 Å². The van der Waals surface area contributed by atoms with E-state index in [4.69, 9.17) is 11.6 Å². The van der Waals surface area contributed by atoms with Crippen LogP contribution in [0.1, 0.15) is 5.69 Å².